The van der Waals surface area contributed by atoms with Crippen LogP contribution in [0.5, 0.6) is 0 Å². The second-order valence-electron chi connectivity index (χ2n) is 6.08. The molecule has 0 radical (unpaired) electrons. The minimum Gasteiger partial charge on any atom is -0.349 e. The Kier molecular flexibility index (Phi) is 5.36. The maximum atomic E-state index is 12.2. The molecule has 1 heterocycles. The summed E-state index contributed by atoms with van der Waals surface area (Å²) >= 11 is 0. The van der Waals surface area contributed by atoms with Crippen LogP contribution in [-0.4, -0.2) is 48.8 Å². The van der Waals surface area contributed by atoms with Gasteiger partial charge in [-0.15, -0.1) is 0 Å². The van der Waals surface area contributed by atoms with Crippen LogP contribution in [0, 0.1) is 12.8 Å². The average molecular weight is 300 g/mol. The van der Waals surface area contributed by atoms with Gasteiger partial charge in [0.1, 0.15) is 0 Å². The van der Waals surface area contributed by atoms with Gasteiger partial charge in [-0.25, -0.2) is 0 Å². The molecule has 1 fully saturated rings. The lowest BCUT2D eigenvalue weighted by Gasteiger charge is -2.31. The maximum absolute atomic E-state index is 12.2. The molecule has 1 saturated heterocycles. The van der Waals surface area contributed by atoms with Crippen LogP contribution in [0.4, 0.5) is 0 Å². The number of piperidine rings is 1. The van der Waals surface area contributed by atoms with Gasteiger partial charge < -0.3 is 9.80 Å². The quantitative estimate of drug-likeness (QED) is 0.804. The molecule has 2 rings (SSSR count). The van der Waals surface area contributed by atoms with Crippen LogP contribution >= 0.6 is 0 Å². The van der Waals surface area contributed by atoms with E-state index in [0.29, 0.717) is 13.1 Å². The Morgan fingerprint density at radius 2 is 1.91 bits per heavy atom. The highest BCUT2D eigenvalue weighted by molar-refractivity contribution is 5.92. The van der Waals surface area contributed by atoms with Crippen LogP contribution in [0.15, 0.2) is 30.3 Å². The normalized spacial score (nSPS) is 16.0. The fourth-order valence-corrected chi connectivity index (χ4v) is 2.76. The van der Waals surface area contributed by atoms with Crippen LogP contribution in [-0.2, 0) is 9.59 Å². The molecule has 0 atom stereocenters. The minimum atomic E-state index is 0.0252. The lowest BCUT2D eigenvalue weighted by Crippen LogP contribution is -2.42. The van der Waals surface area contributed by atoms with Gasteiger partial charge in [0.2, 0.25) is 11.8 Å². The third-order valence-corrected chi connectivity index (χ3v) is 4.06. The first-order valence-electron chi connectivity index (χ1n) is 7.72. The lowest BCUT2D eigenvalue weighted by molar-refractivity contribution is -0.137. The molecule has 1 aliphatic heterocycles. The Balaban J connectivity index is 1.89. The summed E-state index contributed by atoms with van der Waals surface area (Å²) < 4.78 is 0. The number of rotatable bonds is 3. The summed E-state index contributed by atoms with van der Waals surface area (Å²) in [6.07, 6.45) is 4.98. The molecule has 0 bridgehead atoms. The second-order valence-corrected chi connectivity index (χ2v) is 6.08. The van der Waals surface area contributed by atoms with Crippen LogP contribution in [0.25, 0.3) is 6.08 Å². The van der Waals surface area contributed by atoms with Gasteiger partial charge in [-0.1, -0.05) is 29.8 Å². The van der Waals surface area contributed by atoms with Crippen molar-refractivity contribution in [3.63, 3.8) is 0 Å². The zero-order valence-electron chi connectivity index (χ0n) is 13.6. The topological polar surface area (TPSA) is 40.6 Å². The first-order valence-corrected chi connectivity index (χ1v) is 7.72. The number of hydrogen-bond donors (Lipinski definition) is 0. The molecule has 22 heavy (non-hydrogen) atoms. The van der Waals surface area contributed by atoms with Crippen molar-refractivity contribution in [1.82, 2.24) is 9.80 Å². The van der Waals surface area contributed by atoms with E-state index in [1.54, 1.807) is 25.1 Å². The third-order valence-electron chi connectivity index (χ3n) is 4.06. The van der Waals surface area contributed by atoms with Crippen molar-refractivity contribution in [3.05, 3.63) is 41.5 Å². The number of likely N-dealkylation sites (tertiary alicyclic amines) is 1. The number of hydrogen-bond acceptors (Lipinski definition) is 2. The van der Waals surface area contributed by atoms with Gasteiger partial charge in [0.25, 0.3) is 0 Å². The Morgan fingerprint density at radius 3 is 2.50 bits per heavy atom. The summed E-state index contributed by atoms with van der Waals surface area (Å²) in [6, 6.07) is 8.05. The maximum Gasteiger partial charge on any atom is 0.246 e. The molecule has 2 amide bonds. The molecule has 1 aromatic rings. The van der Waals surface area contributed by atoms with E-state index < -0.39 is 0 Å². The molecule has 4 heteroatoms. The van der Waals surface area contributed by atoms with E-state index in [0.717, 1.165) is 18.4 Å². The van der Waals surface area contributed by atoms with Gasteiger partial charge in [-0.2, -0.15) is 0 Å². The Labute approximate surface area is 132 Å². The van der Waals surface area contributed by atoms with Gasteiger partial charge in [-0.3, -0.25) is 9.59 Å². The molecular formula is C18H24N2O2. The van der Waals surface area contributed by atoms with Crippen LogP contribution in [0.2, 0.25) is 0 Å². The highest BCUT2D eigenvalue weighted by Crippen LogP contribution is 2.19. The molecule has 0 spiro atoms. The number of amides is 2. The highest BCUT2D eigenvalue weighted by Gasteiger charge is 2.27. The van der Waals surface area contributed by atoms with Gasteiger partial charge in [0, 0.05) is 39.2 Å². The molecule has 1 aromatic carbocycles. The third kappa shape index (κ3) is 4.20. The van der Waals surface area contributed by atoms with E-state index in [4.69, 9.17) is 0 Å². The largest absolute Gasteiger partial charge is 0.349 e. The van der Waals surface area contributed by atoms with Crippen LogP contribution < -0.4 is 0 Å². The van der Waals surface area contributed by atoms with Crippen molar-refractivity contribution in [2.45, 2.75) is 19.8 Å². The Hall–Kier alpha value is -2.10. The zero-order chi connectivity index (χ0) is 16.1. The summed E-state index contributed by atoms with van der Waals surface area (Å²) in [4.78, 5) is 27.6. The van der Waals surface area contributed by atoms with Gasteiger partial charge in [0.05, 0.1) is 0 Å². The first-order chi connectivity index (χ1) is 10.5. The summed E-state index contributed by atoms with van der Waals surface area (Å²) in [5.41, 5.74) is 2.21. The number of benzene rings is 1. The summed E-state index contributed by atoms with van der Waals surface area (Å²) in [6.45, 7) is 3.34. The number of carbonyl (C=O) groups is 2. The number of carbonyl (C=O) groups excluding carboxylic acids is 2. The summed E-state index contributed by atoms with van der Waals surface area (Å²) in [7, 11) is 3.56. The minimum absolute atomic E-state index is 0.0252. The van der Waals surface area contributed by atoms with Gasteiger partial charge in [-0.05, 0) is 31.4 Å². The first kappa shape index (κ1) is 16.3. The van der Waals surface area contributed by atoms with E-state index in [-0.39, 0.29) is 17.7 Å². The van der Waals surface area contributed by atoms with Crippen molar-refractivity contribution in [2.24, 2.45) is 5.92 Å². The molecule has 4 nitrogen and oxygen atoms in total. The molecule has 0 saturated carbocycles. The molecule has 118 valence electrons. The second kappa shape index (κ2) is 7.25. The fourth-order valence-electron chi connectivity index (χ4n) is 2.76. The Morgan fingerprint density at radius 1 is 1.23 bits per heavy atom. The van der Waals surface area contributed by atoms with Gasteiger partial charge >= 0.3 is 0 Å². The molecule has 0 unspecified atom stereocenters. The van der Waals surface area contributed by atoms with E-state index in [1.165, 1.54) is 5.56 Å². The van der Waals surface area contributed by atoms with Crippen molar-refractivity contribution in [2.75, 3.05) is 27.2 Å². The van der Waals surface area contributed by atoms with Crippen molar-refractivity contribution in [1.29, 1.82) is 0 Å². The number of aryl methyl sites for hydroxylation is 1. The van der Waals surface area contributed by atoms with E-state index in [9.17, 15) is 9.59 Å². The van der Waals surface area contributed by atoms with E-state index >= 15 is 0 Å². The molecule has 0 aliphatic carbocycles. The zero-order valence-corrected chi connectivity index (χ0v) is 13.6. The van der Waals surface area contributed by atoms with E-state index in [1.807, 2.05) is 42.2 Å². The van der Waals surface area contributed by atoms with Crippen LogP contribution in [0.3, 0.4) is 0 Å². The van der Waals surface area contributed by atoms with E-state index in [2.05, 4.69) is 0 Å². The summed E-state index contributed by atoms with van der Waals surface area (Å²) in [5, 5.41) is 0. The van der Waals surface area contributed by atoms with Crippen molar-refractivity contribution < 1.29 is 9.59 Å². The highest BCUT2D eigenvalue weighted by atomic mass is 16.2. The lowest BCUT2D eigenvalue weighted by atomic mass is 9.95. The molecule has 1 aliphatic rings. The summed E-state index contributed by atoms with van der Waals surface area (Å²) in [5.74, 6) is 0.250. The van der Waals surface area contributed by atoms with Gasteiger partial charge in [0.15, 0.2) is 0 Å². The predicted molar refractivity (Wildman–Crippen MR) is 88.2 cm³/mol. The fraction of sp³-hybridized carbons (Fsp3) is 0.444. The number of nitrogens with zero attached hydrogens (tertiary/aromatic N) is 2. The molecular weight excluding hydrogens is 276 g/mol. The van der Waals surface area contributed by atoms with Crippen molar-refractivity contribution in [3.8, 4) is 0 Å². The average Bonchev–Trinajstić information content (AvgIpc) is 2.52. The Bertz CT molecular complexity index is 570. The SMILES string of the molecule is Cc1cccc(/C=C/C(=O)N2CCC(C(=O)N(C)C)CC2)c1. The smallest absolute Gasteiger partial charge is 0.246 e. The standard InChI is InChI=1S/C18H24N2O2/c1-14-5-4-6-15(13-14)7-8-17(21)20-11-9-16(10-12-20)18(22)19(2)3/h4-8,13,16H,9-12H2,1-3H3/b8-7+. The monoisotopic (exact) mass is 300 g/mol. The predicted octanol–water partition coefficient (Wildman–Crippen LogP) is 2.34. The molecule has 0 aromatic heterocycles. The van der Waals surface area contributed by atoms with Crippen LogP contribution in [0.1, 0.15) is 24.0 Å². The van der Waals surface area contributed by atoms with Crippen molar-refractivity contribution >= 4 is 17.9 Å². The molecule has 0 N–H and O–H groups in total.